The molecule has 2 aliphatic rings. The van der Waals surface area contributed by atoms with Crippen molar-refractivity contribution in [2.24, 2.45) is 5.92 Å². The molecule has 0 unspecified atom stereocenters. The van der Waals surface area contributed by atoms with Crippen LogP contribution in [0.25, 0.3) is 5.76 Å². The maximum atomic E-state index is 10.2. The van der Waals surface area contributed by atoms with Crippen LogP contribution in [0.2, 0.25) is 0 Å². The topological polar surface area (TPSA) is 58.3 Å². The number of nitrogen functional groups attached to an aromatic ring is 1. The van der Waals surface area contributed by atoms with Crippen LogP contribution in [0.5, 0.6) is 0 Å². The zero-order chi connectivity index (χ0) is 13.2. The first-order chi connectivity index (χ1) is 9.22. The average molecular weight is 258 g/mol. The van der Waals surface area contributed by atoms with Crippen molar-refractivity contribution >= 4 is 17.1 Å². The van der Waals surface area contributed by atoms with Gasteiger partial charge in [0.1, 0.15) is 5.76 Å². The minimum absolute atomic E-state index is 0.372. The van der Waals surface area contributed by atoms with E-state index in [4.69, 9.17) is 5.73 Å². The molecule has 4 N–H and O–H groups in total. The molecule has 0 atom stereocenters. The first-order valence-electron chi connectivity index (χ1n) is 7.29. The summed E-state index contributed by atoms with van der Waals surface area (Å²) in [4.78, 5) is 0. The fourth-order valence-corrected chi connectivity index (χ4v) is 2.74. The molecule has 2 aliphatic carbocycles. The molecule has 2 fully saturated rings. The summed E-state index contributed by atoms with van der Waals surface area (Å²) in [6.45, 7) is 0. The van der Waals surface area contributed by atoms with E-state index in [-0.39, 0.29) is 0 Å². The number of benzene rings is 1. The Hall–Kier alpha value is -1.64. The number of nitrogens with one attached hydrogen (secondary N) is 1. The minimum atomic E-state index is 0.372. The fraction of sp³-hybridized carbons (Fsp3) is 0.500. The summed E-state index contributed by atoms with van der Waals surface area (Å²) in [5, 5.41) is 13.6. The van der Waals surface area contributed by atoms with Crippen LogP contribution in [0.1, 0.15) is 44.1 Å². The summed E-state index contributed by atoms with van der Waals surface area (Å²) in [5.41, 5.74) is 8.57. The summed E-state index contributed by atoms with van der Waals surface area (Å²) in [5.74, 6) is 0.905. The molecule has 0 bridgehead atoms. The third kappa shape index (κ3) is 3.03. The summed E-state index contributed by atoms with van der Waals surface area (Å²) < 4.78 is 0. The van der Waals surface area contributed by atoms with Gasteiger partial charge < -0.3 is 16.2 Å². The van der Waals surface area contributed by atoms with Crippen LogP contribution >= 0.6 is 0 Å². The standard InChI is InChI=1S/C16H22N2O/c17-14-10-12(5-8-15(14)18-13-6-7-13)16(19)9-11-3-1-2-4-11/h5,8-11,13,18-19H,1-4,6-7,17H2/b16-9+. The fourth-order valence-electron chi connectivity index (χ4n) is 2.74. The van der Waals surface area contributed by atoms with E-state index in [9.17, 15) is 5.11 Å². The molecule has 0 amide bonds. The van der Waals surface area contributed by atoms with E-state index < -0.39 is 0 Å². The van der Waals surface area contributed by atoms with Crippen molar-refractivity contribution < 1.29 is 5.11 Å². The van der Waals surface area contributed by atoms with E-state index in [0.717, 1.165) is 16.9 Å². The van der Waals surface area contributed by atoms with E-state index in [1.54, 1.807) is 0 Å². The predicted octanol–water partition coefficient (Wildman–Crippen LogP) is 3.93. The first-order valence-corrected chi connectivity index (χ1v) is 7.29. The highest BCUT2D eigenvalue weighted by molar-refractivity contribution is 5.73. The molecule has 0 aliphatic heterocycles. The lowest BCUT2D eigenvalue weighted by atomic mass is 10.0. The maximum absolute atomic E-state index is 10.2. The molecular formula is C16H22N2O. The molecule has 1 aromatic rings. The van der Waals surface area contributed by atoms with E-state index in [1.807, 2.05) is 24.3 Å². The number of hydrogen-bond donors (Lipinski definition) is 3. The van der Waals surface area contributed by atoms with Crippen LogP contribution in [0.4, 0.5) is 11.4 Å². The van der Waals surface area contributed by atoms with Gasteiger partial charge in [-0.2, -0.15) is 0 Å². The minimum Gasteiger partial charge on any atom is -0.508 e. The number of nitrogens with two attached hydrogens (primary N) is 1. The summed E-state index contributed by atoms with van der Waals surface area (Å²) in [6.07, 6.45) is 9.40. The van der Waals surface area contributed by atoms with Gasteiger partial charge in [0.15, 0.2) is 0 Å². The second-order valence-electron chi connectivity index (χ2n) is 5.82. The van der Waals surface area contributed by atoms with Gasteiger partial charge in [-0.3, -0.25) is 0 Å². The Morgan fingerprint density at radius 3 is 2.58 bits per heavy atom. The Kier molecular flexibility index (Phi) is 3.36. The summed E-state index contributed by atoms with van der Waals surface area (Å²) >= 11 is 0. The monoisotopic (exact) mass is 258 g/mol. The van der Waals surface area contributed by atoms with Gasteiger partial charge in [-0.1, -0.05) is 12.8 Å². The molecular weight excluding hydrogens is 236 g/mol. The number of hydrogen-bond acceptors (Lipinski definition) is 3. The first kappa shape index (κ1) is 12.4. The second kappa shape index (κ2) is 5.16. The molecule has 0 heterocycles. The van der Waals surface area contributed by atoms with E-state index in [0.29, 0.717) is 17.7 Å². The number of aliphatic hydroxyl groups excluding tert-OH is 1. The van der Waals surface area contributed by atoms with Gasteiger partial charge in [0.05, 0.1) is 11.4 Å². The molecule has 0 saturated heterocycles. The summed E-state index contributed by atoms with van der Waals surface area (Å²) in [7, 11) is 0. The molecule has 2 saturated carbocycles. The zero-order valence-electron chi connectivity index (χ0n) is 11.2. The second-order valence-corrected chi connectivity index (χ2v) is 5.82. The van der Waals surface area contributed by atoms with Crippen LogP contribution in [0, 0.1) is 5.92 Å². The molecule has 3 heteroatoms. The van der Waals surface area contributed by atoms with Crippen molar-refractivity contribution in [3.63, 3.8) is 0 Å². The SMILES string of the molecule is Nc1cc(/C(O)=C\C2CCCC2)ccc1NC1CC1. The number of aliphatic hydroxyl groups is 1. The Labute approximate surface area is 114 Å². The lowest BCUT2D eigenvalue weighted by Crippen LogP contribution is -2.04. The molecule has 19 heavy (non-hydrogen) atoms. The summed E-state index contributed by atoms with van der Waals surface area (Å²) in [6, 6.07) is 6.38. The van der Waals surface area contributed by atoms with Crippen molar-refractivity contribution in [2.45, 2.75) is 44.6 Å². The van der Waals surface area contributed by atoms with Gasteiger partial charge in [0.2, 0.25) is 0 Å². The molecule has 0 radical (unpaired) electrons. The Morgan fingerprint density at radius 1 is 1.21 bits per heavy atom. The van der Waals surface area contributed by atoms with Crippen LogP contribution in [-0.4, -0.2) is 11.1 Å². The van der Waals surface area contributed by atoms with Crippen molar-refractivity contribution in [1.82, 2.24) is 0 Å². The van der Waals surface area contributed by atoms with Gasteiger partial charge in [0, 0.05) is 11.6 Å². The third-order valence-corrected chi connectivity index (χ3v) is 4.08. The van der Waals surface area contributed by atoms with Gasteiger partial charge in [-0.15, -0.1) is 0 Å². The molecule has 3 rings (SSSR count). The highest BCUT2D eigenvalue weighted by Gasteiger charge is 2.21. The van der Waals surface area contributed by atoms with Crippen molar-refractivity contribution in [3.05, 3.63) is 29.8 Å². The van der Waals surface area contributed by atoms with Crippen LogP contribution in [0.15, 0.2) is 24.3 Å². The third-order valence-electron chi connectivity index (χ3n) is 4.08. The van der Waals surface area contributed by atoms with Gasteiger partial charge in [-0.25, -0.2) is 0 Å². The Bertz CT molecular complexity index is 486. The molecule has 1 aromatic carbocycles. The van der Waals surface area contributed by atoms with E-state index >= 15 is 0 Å². The highest BCUT2D eigenvalue weighted by Crippen LogP contribution is 2.31. The van der Waals surface area contributed by atoms with E-state index in [1.165, 1.54) is 38.5 Å². The average Bonchev–Trinajstić information content (AvgIpc) is 3.07. The van der Waals surface area contributed by atoms with Gasteiger partial charge in [0.25, 0.3) is 0 Å². The Balaban J connectivity index is 1.74. The molecule has 0 spiro atoms. The smallest absolute Gasteiger partial charge is 0.119 e. The molecule has 3 nitrogen and oxygen atoms in total. The van der Waals surface area contributed by atoms with Gasteiger partial charge in [-0.05, 0) is 55.9 Å². The quantitative estimate of drug-likeness (QED) is 0.566. The molecule has 0 aromatic heterocycles. The largest absolute Gasteiger partial charge is 0.508 e. The van der Waals surface area contributed by atoms with Crippen molar-refractivity contribution in [2.75, 3.05) is 11.1 Å². The predicted molar refractivity (Wildman–Crippen MR) is 80.1 cm³/mol. The highest BCUT2D eigenvalue weighted by atomic mass is 16.3. The number of allylic oxidation sites excluding steroid dienone is 1. The van der Waals surface area contributed by atoms with Crippen molar-refractivity contribution in [3.8, 4) is 0 Å². The van der Waals surface area contributed by atoms with Crippen LogP contribution in [0.3, 0.4) is 0 Å². The maximum Gasteiger partial charge on any atom is 0.119 e. The molecule has 102 valence electrons. The zero-order valence-corrected chi connectivity index (χ0v) is 11.2. The van der Waals surface area contributed by atoms with Crippen molar-refractivity contribution in [1.29, 1.82) is 0 Å². The Morgan fingerprint density at radius 2 is 1.95 bits per heavy atom. The van der Waals surface area contributed by atoms with Crippen LogP contribution < -0.4 is 11.1 Å². The van der Waals surface area contributed by atoms with E-state index in [2.05, 4.69) is 5.32 Å². The van der Waals surface area contributed by atoms with Crippen LogP contribution in [-0.2, 0) is 0 Å². The number of anilines is 2. The van der Waals surface area contributed by atoms with Gasteiger partial charge >= 0.3 is 0 Å². The lowest BCUT2D eigenvalue weighted by molar-refractivity contribution is 0.502. The lowest BCUT2D eigenvalue weighted by Gasteiger charge is -2.11. The normalized spacial score (nSPS) is 20.7. The number of rotatable bonds is 4.